The van der Waals surface area contributed by atoms with Gasteiger partial charge in [-0.15, -0.1) is 11.3 Å². The maximum atomic E-state index is 12.4. The number of thiophene rings is 1. The first-order valence-corrected chi connectivity index (χ1v) is 11.9. The van der Waals surface area contributed by atoms with Crippen LogP contribution in [0.5, 0.6) is 0 Å². The fourth-order valence-electron chi connectivity index (χ4n) is 3.12. The first-order valence-electron chi connectivity index (χ1n) is 7.80. The van der Waals surface area contributed by atoms with E-state index in [4.69, 9.17) is 0 Å². The molecule has 2 aliphatic heterocycles. The monoisotopic (exact) mass is 392 g/mol. The Balaban J connectivity index is 1.54. The van der Waals surface area contributed by atoms with Crippen LogP contribution in [0, 0.1) is 5.92 Å². The highest BCUT2D eigenvalue weighted by molar-refractivity contribution is 7.91. The molecule has 0 spiro atoms. The second-order valence-corrected chi connectivity index (χ2v) is 11.5. The Morgan fingerprint density at radius 1 is 1.25 bits per heavy atom. The van der Waals surface area contributed by atoms with Crippen molar-refractivity contribution in [2.45, 2.75) is 17.1 Å². The zero-order chi connectivity index (χ0) is 17.4. The number of hydrogen-bond acceptors (Lipinski definition) is 6. The second-order valence-electron chi connectivity index (χ2n) is 6.19. The molecular weight excluding hydrogens is 372 g/mol. The molecule has 10 heteroatoms. The van der Waals surface area contributed by atoms with Crippen molar-refractivity contribution in [2.75, 3.05) is 37.7 Å². The van der Waals surface area contributed by atoms with Gasteiger partial charge in [0.05, 0.1) is 11.5 Å². The van der Waals surface area contributed by atoms with E-state index >= 15 is 0 Å². The predicted molar refractivity (Wildman–Crippen MR) is 91.0 cm³/mol. The van der Waals surface area contributed by atoms with Crippen molar-refractivity contribution < 1.29 is 21.6 Å². The van der Waals surface area contributed by atoms with Gasteiger partial charge in [-0.2, -0.15) is 4.31 Å². The third kappa shape index (κ3) is 3.81. The fourth-order valence-corrected chi connectivity index (χ4v) is 7.55. The van der Waals surface area contributed by atoms with Crippen LogP contribution in [0.4, 0.5) is 0 Å². The van der Waals surface area contributed by atoms with Gasteiger partial charge in [0.15, 0.2) is 9.84 Å². The number of nitrogens with zero attached hydrogens (tertiary/aromatic N) is 2. The first kappa shape index (κ1) is 17.8. The summed E-state index contributed by atoms with van der Waals surface area (Å²) in [5.74, 6) is 0.0733. The highest BCUT2D eigenvalue weighted by Crippen LogP contribution is 2.24. The third-order valence-corrected chi connectivity index (χ3v) is 9.58. The van der Waals surface area contributed by atoms with Gasteiger partial charge in [0.1, 0.15) is 4.21 Å². The van der Waals surface area contributed by atoms with Crippen LogP contribution in [0.15, 0.2) is 21.7 Å². The fraction of sp³-hybridized carbons (Fsp3) is 0.643. The van der Waals surface area contributed by atoms with Crippen LogP contribution in [-0.4, -0.2) is 69.6 Å². The SMILES string of the molecule is O=C(CC1CCS(=O)(=O)C1)N1CCN(S(=O)(=O)c2cccs2)CC1. The molecule has 2 fully saturated rings. The summed E-state index contributed by atoms with van der Waals surface area (Å²) in [6.07, 6.45) is 0.775. The summed E-state index contributed by atoms with van der Waals surface area (Å²) in [5.41, 5.74) is 0. The molecule has 1 amide bonds. The van der Waals surface area contributed by atoms with Gasteiger partial charge in [-0.05, 0) is 23.8 Å². The molecule has 1 aromatic heterocycles. The summed E-state index contributed by atoms with van der Waals surface area (Å²) >= 11 is 1.18. The standard InChI is InChI=1S/C14H20N2O5S3/c17-13(10-12-3-9-23(18,19)11-12)15-4-6-16(7-5-15)24(20,21)14-2-1-8-22-14/h1-2,8,12H,3-7,9-11H2. The van der Waals surface area contributed by atoms with Gasteiger partial charge in [-0.25, -0.2) is 16.8 Å². The average Bonchev–Trinajstić information content (AvgIpc) is 3.17. The number of carbonyl (C=O) groups excluding carboxylic acids is 1. The molecule has 1 aromatic rings. The largest absolute Gasteiger partial charge is 0.340 e. The zero-order valence-corrected chi connectivity index (χ0v) is 15.6. The van der Waals surface area contributed by atoms with Crippen molar-refractivity contribution in [1.29, 1.82) is 0 Å². The molecule has 1 atom stereocenters. The first-order chi connectivity index (χ1) is 11.3. The minimum atomic E-state index is -3.47. The molecule has 0 saturated carbocycles. The second kappa shape index (κ2) is 6.74. The average molecular weight is 393 g/mol. The molecular formula is C14H20N2O5S3. The molecule has 3 heterocycles. The Morgan fingerprint density at radius 2 is 1.96 bits per heavy atom. The van der Waals surface area contributed by atoms with Crippen LogP contribution in [-0.2, 0) is 24.7 Å². The molecule has 24 heavy (non-hydrogen) atoms. The predicted octanol–water partition coefficient (Wildman–Crippen LogP) is 0.406. The van der Waals surface area contributed by atoms with E-state index in [9.17, 15) is 21.6 Å². The van der Waals surface area contributed by atoms with Crippen molar-refractivity contribution in [1.82, 2.24) is 9.21 Å². The van der Waals surface area contributed by atoms with E-state index in [1.54, 1.807) is 22.4 Å². The smallest absolute Gasteiger partial charge is 0.252 e. The van der Waals surface area contributed by atoms with Crippen molar-refractivity contribution >= 4 is 37.1 Å². The van der Waals surface area contributed by atoms with Crippen LogP contribution in [0.1, 0.15) is 12.8 Å². The number of sulfone groups is 1. The van der Waals surface area contributed by atoms with E-state index < -0.39 is 19.9 Å². The Morgan fingerprint density at radius 3 is 2.50 bits per heavy atom. The molecule has 0 radical (unpaired) electrons. The molecule has 1 unspecified atom stereocenters. The van der Waals surface area contributed by atoms with Gasteiger partial charge in [0.25, 0.3) is 10.0 Å². The van der Waals surface area contributed by atoms with Crippen molar-refractivity contribution in [3.8, 4) is 0 Å². The van der Waals surface area contributed by atoms with Crippen LogP contribution >= 0.6 is 11.3 Å². The summed E-state index contributed by atoms with van der Waals surface area (Å²) in [5, 5.41) is 1.72. The topological polar surface area (TPSA) is 91.8 Å². The highest BCUT2D eigenvalue weighted by Gasteiger charge is 2.33. The van der Waals surface area contributed by atoms with E-state index in [1.165, 1.54) is 15.6 Å². The lowest BCUT2D eigenvalue weighted by molar-refractivity contribution is -0.133. The lowest BCUT2D eigenvalue weighted by Gasteiger charge is -2.34. The maximum absolute atomic E-state index is 12.4. The molecule has 3 rings (SSSR count). The van der Waals surface area contributed by atoms with Crippen LogP contribution in [0.25, 0.3) is 0 Å². The number of rotatable bonds is 4. The molecule has 2 aliphatic rings. The molecule has 0 bridgehead atoms. The lowest BCUT2D eigenvalue weighted by atomic mass is 10.0. The summed E-state index contributed by atoms with van der Waals surface area (Å²) < 4.78 is 49.5. The number of sulfonamides is 1. The summed E-state index contributed by atoms with van der Waals surface area (Å²) in [6.45, 7) is 1.25. The van der Waals surface area contributed by atoms with E-state index in [-0.39, 0.29) is 42.8 Å². The minimum Gasteiger partial charge on any atom is -0.340 e. The Kier molecular flexibility index (Phi) is 5.01. The van der Waals surface area contributed by atoms with E-state index in [1.807, 2.05) is 0 Å². The van der Waals surface area contributed by atoms with Gasteiger partial charge < -0.3 is 4.90 Å². The summed E-state index contributed by atoms with van der Waals surface area (Å²) in [7, 11) is -6.45. The Hall–Kier alpha value is -0.970. The molecule has 0 N–H and O–H groups in total. The lowest BCUT2D eigenvalue weighted by Crippen LogP contribution is -2.50. The Bertz CT molecular complexity index is 793. The summed E-state index contributed by atoms with van der Waals surface area (Å²) in [6, 6.07) is 3.28. The highest BCUT2D eigenvalue weighted by atomic mass is 32.2. The molecule has 0 aliphatic carbocycles. The number of piperazine rings is 1. The maximum Gasteiger partial charge on any atom is 0.252 e. The molecule has 0 aromatic carbocycles. The normalized spacial score (nSPS) is 25.0. The molecule has 7 nitrogen and oxygen atoms in total. The number of hydrogen-bond donors (Lipinski definition) is 0. The number of carbonyl (C=O) groups is 1. The van der Waals surface area contributed by atoms with Gasteiger partial charge in [-0.1, -0.05) is 6.07 Å². The minimum absolute atomic E-state index is 0.0785. The van der Waals surface area contributed by atoms with Gasteiger partial charge in [0.2, 0.25) is 5.91 Å². The van der Waals surface area contributed by atoms with Crippen LogP contribution in [0.2, 0.25) is 0 Å². The summed E-state index contributed by atoms with van der Waals surface area (Å²) in [4.78, 5) is 14.0. The quantitative estimate of drug-likeness (QED) is 0.740. The van der Waals surface area contributed by atoms with E-state index in [2.05, 4.69) is 0 Å². The van der Waals surface area contributed by atoms with Crippen molar-refractivity contribution in [3.05, 3.63) is 17.5 Å². The van der Waals surface area contributed by atoms with E-state index in [0.29, 0.717) is 23.7 Å². The third-order valence-electron chi connectivity index (χ3n) is 4.47. The van der Waals surface area contributed by atoms with Gasteiger partial charge in [0, 0.05) is 32.6 Å². The van der Waals surface area contributed by atoms with E-state index in [0.717, 1.165) is 0 Å². The van der Waals surface area contributed by atoms with Crippen LogP contribution < -0.4 is 0 Å². The van der Waals surface area contributed by atoms with Crippen molar-refractivity contribution in [3.63, 3.8) is 0 Å². The zero-order valence-electron chi connectivity index (χ0n) is 13.1. The number of amides is 1. The van der Waals surface area contributed by atoms with Gasteiger partial charge in [-0.3, -0.25) is 4.79 Å². The van der Waals surface area contributed by atoms with Gasteiger partial charge >= 0.3 is 0 Å². The molecule has 2 saturated heterocycles. The van der Waals surface area contributed by atoms with Crippen LogP contribution in [0.3, 0.4) is 0 Å². The molecule has 134 valence electrons. The Labute approximate surface area is 146 Å². The van der Waals surface area contributed by atoms with Crippen molar-refractivity contribution in [2.24, 2.45) is 5.92 Å².